The van der Waals surface area contributed by atoms with Crippen molar-refractivity contribution in [2.75, 3.05) is 19.8 Å². The maximum absolute atomic E-state index is 8.74. The summed E-state index contributed by atoms with van der Waals surface area (Å²) in [6.45, 7) is 5.12. The molecule has 8 N–H and O–H groups in total. The highest BCUT2D eigenvalue weighted by Crippen LogP contribution is 2.10. The number of ether oxygens (including phenoxy) is 2. The third-order valence-corrected chi connectivity index (χ3v) is 2.96. The lowest BCUT2D eigenvalue weighted by Crippen LogP contribution is -1.96. The van der Waals surface area contributed by atoms with Gasteiger partial charge in [0.25, 0.3) is 0 Å². The second-order valence-corrected chi connectivity index (χ2v) is 6.24. The van der Waals surface area contributed by atoms with Crippen molar-refractivity contribution in [3.8, 4) is 5.75 Å². The van der Waals surface area contributed by atoms with Crippen molar-refractivity contribution in [1.82, 2.24) is 12.3 Å². The monoisotopic (exact) mass is 396 g/mol. The van der Waals surface area contributed by atoms with Crippen molar-refractivity contribution in [3.63, 3.8) is 0 Å². The van der Waals surface area contributed by atoms with E-state index >= 15 is 0 Å². The molecule has 0 amide bonds. The molecule has 0 saturated carbocycles. The average Bonchev–Trinajstić information content (AvgIpc) is 3.38. The van der Waals surface area contributed by atoms with E-state index in [4.69, 9.17) is 22.3 Å². The summed E-state index contributed by atoms with van der Waals surface area (Å²) < 4.78 is 41.7. The van der Waals surface area contributed by atoms with Gasteiger partial charge in [-0.2, -0.15) is 8.42 Å². The van der Waals surface area contributed by atoms with Crippen LogP contribution < -0.4 is 17.0 Å². The van der Waals surface area contributed by atoms with Crippen LogP contribution in [0.5, 0.6) is 5.75 Å². The summed E-state index contributed by atoms with van der Waals surface area (Å²) in [4.78, 5) is 0. The van der Waals surface area contributed by atoms with Crippen LogP contribution in [0.1, 0.15) is 51.9 Å². The summed E-state index contributed by atoms with van der Waals surface area (Å²) in [6, 6.07) is 10.1. The Balaban J connectivity index is -0.000000442. The summed E-state index contributed by atoms with van der Waals surface area (Å²) in [5, 5.41) is 0. The van der Waals surface area contributed by atoms with Gasteiger partial charge >= 0.3 is 10.4 Å². The number of para-hydroxylation sites is 1. The predicted molar refractivity (Wildman–Crippen MR) is 105 cm³/mol. The molecule has 1 fully saturated rings. The number of hydrogen-bond acceptors (Lipinski definition) is 6. The summed E-state index contributed by atoms with van der Waals surface area (Å²) >= 11 is 0. The Morgan fingerprint density at radius 3 is 1.77 bits per heavy atom. The highest BCUT2D eigenvalue weighted by Gasteiger charge is 1.94. The predicted octanol–water partition coefficient (Wildman–Crippen LogP) is 4.50. The molecule has 1 saturated heterocycles. The highest BCUT2D eigenvalue weighted by molar-refractivity contribution is 7.79. The van der Waals surface area contributed by atoms with Gasteiger partial charge in [-0.3, -0.25) is 9.11 Å². The Kier molecular flexibility index (Phi) is 22.8. The smallest absolute Gasteiger partial charge is 0.394 e. The molecule has 0 unspecified atom stereocenters. The third-order valence-electron chi connectivity index (χ3n) is 2.96. The molecule has 8 nitrogen and oxygen atoms in total. The lowest BCUT2D eigenvalue weighted by molar-refractivity contribution is 0.304. The normalized spacial score (nSPS) is 11.3. The first-order valence-electron chi connectivity index (χ1n) is 8.39. The summed E-state index contributed by atoms with van der Waals surface area (Å²) in [5.74, 6) is 0.994. The molecule has 1 heterocycles. The zero-order valence-corrected chi connectivity index (χ0v) is 16.6. The Bertz CT molecular complexity index is 473. The van der Waals surface area contributed by atoms with Gasteiger partial charge < -0.3 is 21.8 Å². The highest BCUT2D eigenvalue weighted by atomic mass is 32.3. The van der Waals surface area contributed by atoms with Crippen LogP contribution in [0.4, 0.5) is 0 Å². The zero-order chi connectivity index (χ0) is 18.1. The van der Waals surface area contributed by atoms with Crippen molar-refractivity contribution in [1.29, 1.82) is 0 Å². The minimum absolute atomic E-state index is 0. The SMILES string of the molecule is C1CO1.CCCCCCCCCOc1ccccc1.N.N.O=S(=O)(O)O. The molecule has 0 atom stereocenters. The van der Waals surface area contributed by atoms with Crippen LogP contribution in [0.25, 0.3) is 0 Å². The molecular weight excluding hydrogens is 360 g/mol. The molecule has 26 heavy (non-hydrogen) atoms. The van der Waals surface area contributed by atoms with E-state index in [1.807, 2.05) is 30.3 Å². The van der Waals surface area contributed by atoms with E-state index in [0.29, 0.717) is 0 Å². The van der Waals surface area contributed by atoms with Gasteiger partial charge in [-0.15, -0.1) is 0 Å². The quantitative estimate of drug-likeness (QED) is 0.269. The molecular formula is C17H36N2O6S. The van der Waals surface area contributed by atoms with Gasteiger partial charge in [0.05, 0.1) is 19.8 Å². The van der Waals surface area contributed by atoms with Crippen LogP contribution in [0.3, 0.4) is 0 Å². The van der Waals surface area contributed by atoms with E-state index < -0.39 is 10.4 Å². The summed E-state index contributed by atoms with van der Waals surface area (Å²) in [6.07, 6.45) is 9.35. The second kappa shape index (κ2) is 20.1. The van der Waals surface area contributed by atoms with Crippen molar-refractivity contribution in [3.05, 3.63) is 30.3 Å². The number of hydrogen-bond donors (Lipinski definition) is 4. The van der Waals surface area contributed by atoms with Crippen LogP contribution in [0.15, 0.2) is 30.3 Å². The largest absolute Gasteiger partial charge is 0.494 e. The lowest BCUT2D eigenvalue weighted by Gasteiger charge is -2.05. The van der Waals surface area contributed by atoms with Crippen LogP contribution in [0.2, 0.25) is 0 Å². The molecule has 1 aliphatic heterocycles. The van der Waals surface area contributed by atoms with Crippen LogP contribution in [0, 0.1) is 0 Å². The van der Waals surface area contributed by atoms with Gasteiger partial charge in [-0.25, -0.2) is 0 Å². The fourth-order valence-electron chi connectivity index (χ4n) is 1.77. The molecule has 0 bridgehead atoms. The van der Waals surface area contributed by atoms with Crippen LogP contribution in [-0.2, 0) is 15.1 Å². The molecule has 9 heteroatoms. The zero-order valence-electron chi connectivity index (χ0n) is 15.8. The minimum Gasteiger partial charge on any atom is -0.494 e. The van der Waals surface area contributed by atoms with Gasteiger partial charge in [-0.05, 0) is 18.6 Å². The summed E-state index contributed by atoms with van der Waals surface area (Å²) in [7, 11) is -4.67. The topological polar surface area (TPSA) is 166 Å². The van der Waals surface area contributed by atoms with Gasteiger partial charge in [0.15, 0.2) is 0 Å². The number of benzene rings is 1. The van der Waals surface area contributed by atoms with E-state index in [-0.39, 0.29) is 12.3 Å². The van der Waals surface area contributed by atoms with Crippen LogP contribution in [-0.4, -0.2) is 37.3 Å². The van der Waals surface area contributed by atoms with Gasteiger partial charge in [0, 0.05) is 0 Å². The molecule has 0 radical (unpaired) electrons. The first-order valence-corrected chi connectivity index (χ1v) is 9.78. The Morgan fingerprint density at radius 1 is 0.923 bits per heavy atom. The van der Waals surface area contributed by atoms with Gasteiger partial charge in [0.2, 0.25) is 0 Å². The first-order chi connectivity index (χ1) is 11.4. The molecule has 0 aromatic heterocycles. The average molecular weight is 397 g/mol. The number of epoxide rings is 1. The molecule has 156 valence electrons. The standard InChI is InChI=1S/C15H24O.C2H4O.2H3N.H2O4S/c1-2-3-4-5-6-7-11-14-16-15-12-9-8-10-13-15;1-2-3-1;;;1-5(2,3)4/h8-10,12-13H,2-7,11,14H2,1H3;1-2H2;2*1H3;(H2,1,2,3,4). The van der Waals surface area contributed by atoms with Crippen molar-refractivity contribution >= 4 is 10.4 Å². The van der Waals surface area contributed by atoms with E-state index in [0.717, 1.165) is 25.6 Å². The number of unbranched alkanes of at least 4 members (excludes halogenated alkanes) is 6. The third kappa shape index (κ3) is 34.2. The second-order valence-electron chi connectivity index (χ2n) is 5.34. The first kappa shape index (κ1) is 29.5. The maximum atomic E-state index is 8.74. The van der Waals surface area contributed by atoms with Crippen molar-refractivity contribution in [2.24, 2.45) is 0 Å². The molecule has 1 aromatic carbocycles. The maximum Gasteiger partial charge on any atom is 0.394 e. The van der Waals surface area contributed by atoms with Crippen molar-refractivity contribution < 1.29 is 27.0 Å². The Labute approximate surface area is 158 Å². The van der Waals surface area contributed by atoms with Crippen molar-refractivity contribution in [2.45, 2.75) is 51.9 Å². The fraction of sp³-hybridized carbons (Fsp3) is 0.647. The van der Waals surface area contributed by atoms with Crippen LogP contribution >= 0.6 is 0 Å². The molecule has 2 rings (SSSR count). The Morgan fingerprint density at radius 2 is 1.35 bits per heavy atom. The van der Waals surface area contributed by atoms with E-state index in [2.05, 4.69) is 11.7 Å². The molecule has 0 aliphatic carbocycles. The van der Waals surface area contributed by atoms with E-state index in [1.165, 1.54) is 44.9 Å². The fourth-order valence-corrected chi connectivity index (χ4v) is 1.77. The van der Waals surface area contributed by atoms with Gasteiger partial charge in [-0.1, -0.05) is 63.6 Å². The lowest BCUT2D eigenvalue weighted by atomic mass is 10.1. The minimum atomic E-state index is -4.67. The molecule has 1 aliphatic rings. The Hall–Kier alpha value is -1.23. The summed E-state index contributed by atoms with van der Waals surface area (Å²) in [5.41, 5.74) is 0. The molecule has 1 aromatic rings. The van der Waals surface area contributed by atoms with Gasteiger partial charge in [0.1, 0.15) is 5.75 Å². The van der Waals surface area contributed by atoms with E-state index in [9.17, 15) is 0 Å². The molecule has 0 spiro atoms. The van der Waals surface area contributed by atoms with E-state index in [1.54, 1.807) is 0 Å². The number of rotatable bonds is 9.